The van der Waals surface area contributed by atoms with E-state index in [1.165, 1.54) is 49.3 Å². The molecule has 1 fully saturated rings. The number of likely N-dealkylation sites (tertiary alicyclic amines) is 1. The van der Waals surface area contributed by atoms with E-state index in [9.17, 15) is 0 Å². The van der Waals surface area contributed by atoms with Gasteiger partial charge >= 0.3 is 0 Å². The Morgan fingerprint density at radius 3 is 2.53 bits per heavy atom. The van der Waals surface area contributed by atoms with Crippen molar-refractivity contribution in [2.24, 2.45) is 0 Å². The van der Waals surface area contributed by atoms with Crippen molar-refractivity contribution >= 4 is 0 Å². The molecule has 108 valence electrons. The number of hydrogen-bond acceptors (Lipinski definition) is 3. The maximum Gasteiger partial charge on any atom is 0.0641 e. The molecule has 0 aliphatic carbocycles. The average molecular weight is 264 g/mol. The highest BCUT2D eigenvalue weighted by Gasteiger charge is 2.13. The highest BCUT2D eigenvalue weighted by atomic mass is 15.3. The number of aromatic nitrogens is 2. The standard InChI is InChI=1S/C15H28N4/c1-4-16-12-15-13(2)17-19(14(15)3)11-10-18-8-6-5-7-9-18/h16H,4-12H2,1-3H3. The first kappa shape index (κ1) is 14.5. The normalized spacial score (nSPS) is 17.0. The SMILES string of the molecule is CCNCc1c(C)nn(CCN2CCCCC2)c1C. The van der Waals surface area contributed by atoms with Crippen molar-refractivity contribution in [1.82, 2.24) is 20.0 Å². The maximum atomic E-state index is 4.70. The minimum atomic E-state index is 0.942. The number of piperidine rings is 1. The van der Waals surface area contributed by atoms with Gasteiger partial charge < -0.3 is 10.2 Å². The molecule has 1 aromatic heterocycles. The zero-order valence-corrected chi connectivity index (χ0v) is 12.7. The summed E-state index contributed by atoms with van der Waals surface area (Å²) in [7, 11) is 0. The van der Waals surface area contributed by atoms with Gasteiger partial charge in [-0.2, -0.15) is 5.10 Å². The number of hydrogen-bond donors (Lipinski definition) is 1. The number of nitrogens with one attached hydrogen (secondary N) is 1. The third-order valence-corrected chi connectivity index (χ3v) is 4.16. The molecule has 19 heavy (non-hydrogen) atoms. The summed E-state index contributed by atoms with van der Waals surface area (Å²) in [5, 5.41) is 8.10. The van der Waals surface area contributed by atoms with Crippen molar-refractivity contribution in [3.8, 4) is 0 Å². The van der Waals surface area contributed by atoms with Crippen LogP contribution in [0, 0.1) is 13.8 Å². The smallest absolute Gasteiger partial charge is 0.0641 e. The summed E-state index contributed by atoms with van der Waals surface area (Å²) >= 11 is 0. The van der Waals surface area contributed by atoms with Crippen LogP contribution in [0.2, 0.25) is 0 Å². The quantitative estimate of drug-likeness (QED) is 0.854. The topological polar surface area (TPSA) is 33.1 Å². The van der Waals surface area contributed by atoms with Gasteiger partial charge in [-0.15, -0.1) is 0 Å². The second-order valence-electron chi connectivity index (χ2n) is 5.56. The van der Waals surface area contributed by atoms with Crippen molar-refractivity contribution in [2.45, 2.75) is 53.1 Å². The molecule has 0 atom stereocenters. The van der Waals surface area contributed by atoms with Gasteiger partial charge in [-0.25, -0.2) is 0 Å². The van der Waals surface area contributed by atoms with Crippen LogP contribution < -0.4 is 5.32 Å². The lowest BCUT2D eigenvalue weighted by Crippen LogP contribution is -2.33. The molecule has 2 rings (SSSR count). The summed E-state index contributed by atoms with van der Waals surface area (Å²) in [5.74, 6) is 0. The van der Waals surface area contributed by atoms with E-state index in [4.69, 9.17) is 5.10 Å². The lowest BCUT2D eigenvalue weighted by molar-refractivity contribution is 0.217. The Morgan fingerprint density at radius 2 is 1.84 bits per heavy atom. The van der Waals surface area contributed by atoms with Gasteiger partial charge in [0.25, 0.3) is 0 Å². The second kappa shape index (κ2) is 7.06. The van der Waals surface area contributed by atoms with Gasteiger partial charge in [0.1, 0.15) is 0 Å². The summed E-state index contributed by atoms with van der Waals surface area (Å²) in [6.07, 6.45) is 4.13. The fourth-order valence-corrected chi connectivity index (χ4v) is 2.88. The van der Waals surface area contributed by atoms with Gasteiger partial charge in [0.15, 0.2) is 0 Å². The van der Waals surface area contributed by atoms with E-state index < -0.39 is 0 Å². The first-order valence-electron chi connectivity index (χ1n) is 7.68. The van der Waals surface area contributed by atoms with E-state index in [0.29, 0.717) is 0 Å². The lowest BCUT2D eigenvalue weighted by atomic mass is 10.1. The molecule has 1 aromatic rings. The first-order valence-corrected chi connectivity index (χ1v) is 7.68. The molecule has 1 aliphatic rings. The molecule has 0 bridgehead atoms. The summed E-state index contributed by atoms with van der Waals surface area (Å²) in [4.78, 5) is 2.57. The van der Waals surface area contributed by atoms with Crippen molar-refractivity contribution in [1.29, 1.82) is 0 Å². The van der Waals surface area contributed by atoms with E-state index in [2.05, 4.69) is 35.7 Å². The molecule has 0 saturated carbocycles. The van der Waals surface area contributed by atoms with Crippen molar-refractivity contribution in [2.75, 3.05) is 26.2 Å². The van der Waals surface area contributed by atoms with Crippen LogP contribution in [0.4, 0.5) is 0 Å². The first-order chi connectivity index (χ1) is 9.22. The van der Waals surface area contributed by atoms with Gasteiger partial charge in [-0.05, 0) is 46.3 Å². The van der Waals surface area contributed by atoms with Crippen molar-refractivity contribution < 1.29 is 0 Å². The van der Waals surface area contributed by atoms with Crippen molar-refractivity contribution in [3.05, 3.63) is 17.0 Å². The van der Waals surface area contributed by atoms with E-state index in [1.807, 2.05) is 0 Å². The van der Waals surface area contributed by atoms with Gasteiger partial charge in [0.05, 0.1) is 12.2 Å². The van der Waals surface area contributed by atoms with E-state index in [1.54, 1.807) is 0 Å². The molecule has 0 spiro atoms. The van der Waals surface area contributed by atoms with Crippen LogP contribution in [0.25, 0.3) is 0 Å². The molecule has 0 amide bonds. The second-order valence-corrected chi connectivity index (χ2v) is 5.56. The largest absolute Gasteiger partial charge is 0.313 e. The minimum Gasteiger partial charge on any atom is -0.313 e. The molecular weight excluding hydrogens is 236 g/mol. The third-order valence-electron chi connectivity index (χ3n) is 4.16. The predicted molar refractivity (Wildman–Crippen MR) is 79.4 cm³/mol. The molecule has 0 unspecified atom stereocenters. The summed E-state index contributed by atoms with van der Waals surface area (Å²) < 4.78 is 2.19. The number of nitrogens with zero attached hydrogens (tertiary/aromatic N) is 3. The van der Waals surface area contributed by atoms with Crippen LogP contribution in [-0.2, 0) is 13.1 Å². The van der Waals surface area contributed by atoms with Crippen LogP contribution >= 0.6 is 0 Å². The Bertz CT molecular complexity index is 391. The Hall–Kier alpha value is -0.870. The van der Waals surface area contributed by atoms with Crippen LogP contribution in [0.1, 0.15) is 43.1 Å². The van der Waals surface area contributed by atoms with E-state index in [0.717, 1.165) is 26.2 Å². The van der Waals surface area contributed by atoms with Crippen LogP contribution in [0.5, 0.6) is 0 Å². The van der Waals surface area contributed by atoms with Gasteiger partial charge in [0.2, 0.25) is 0 Å². The molecule has 4 heteroatoms. The molecule has 0 radical (unpaired) electrons. The van der Waals surface area contributed by atoms with Crippen molar-refractivity contribution in [3.63, 3.8) is 0 Å². The Labute approximate surface area is 117 Å². The van der Waals surface area contributed by atoms with E-state index in [-0.39, 0.29) is 0 Å². The molecule has 1 saturated heterocycles. The number of rotatable bonds is 6. The Kier molecular flexibility index (Phi) is 5.40. The van der Waals surface area contributed by atoms with E-state index >= 15 is 0 Å². The van der Waals surface area contributed by atoms with Crippen LogP contribution in [0.15, 0.2) is 0 Å². The molecule has 1 N–H and O–H groups in total. The molecule has 0 aromatic carbocycles. The van der Waals surface area contributed by atoms with Crippen LogP contribution in [0.3, 0.4) is 0 Å². The monoisotopic (exact) mass is 264 g/mol. The zero-order chi connectivity index (χ0) is 13.7. The summed E-state index contributed by atoms with van der Waals surface area (Å²) in [5.41, 5.74) is 3.88. The fraction of sp³-hybridized carbons (Fsp3) is 0.800. The Balaban J connectivity index is 1.92. The Morgan fingerprint density at radius 1 is 1.11 bits per heavy atom. The fourth-order valence-electron chi connectivity index (χ4n) is 2.88. The summed E-state index contributed by atoms with van der Waals surface area (Å²) in [6, 6.07) is 0. The highest BCUT2D eigenvalue weighted by molar-refractivity contribution is 5.24. The van der Waals surface area contributed by atoms with Gasteiger partial charge in [0, 0.05) is 24.3 Å². The van der Waals surface area contributed by atoms with Crippen LogP contribution in [-0.4, -0.2) is 40.9 Å². The maximum absolute atomic E-state index is 4.70. The molecule has 2 heterocycles. The average Bonchev–Trinajstić information content (AvgIpc) is 2.70. The molecule has 1 aliphatic heterocycles. The minimum absolute atomic E-state index is 0.942. The molecular formula is C15H28N4. The predicted octanol–water partition coefficient (Wildman–Crippen LogP) is 2.10. The lowest BCUT2D eigenvalue weighted by Gasteiger charge is -2.26. The van der Waals surface area contributed by atoms with Gasteiger partial charge in [-0.1, -0.05) is 13.3 Å². The molecule has 4 nitrogen and oxygen atoms in total. The highest BCUT2D eigenvalue weighted by Crippen LogP contribution is 2.14. The number of aryl methyl sites for hydroxylation is 1. The van der Waals surface area contributed by atoms with Gasteiger partial charge in [-0.3, -0.25) is 4.68 Å². The zero-order valence-electron chi connectivity index (χ0n) is 12.7. The summed E-state index contributed by atoms with van der Waals surface area (Å²) in [6.45, 7) is 13.1. The third kappa shape index (κ3) is 3.80.